The van der Waals surface area contributed by atoms with Crippen LogP contribution in [0.1, 0.15) is 11.7 Å². The van der Waals surface area contributed by atoms with Crippen molar-refractivity contribution in [3.05, 3.63) is 29.8 Å². The van der Waals surface area contributed by atoms with Gasteiger partial charge in [-0.1, -0.05) is 12.1 Å². The molecule has 0 heterocycles. The van der Waals surface area contributed by atoms with Crippen molar-refractivity contribution in [2.45, 2.75) is 12.2 Å². The summed E-state index contributed by atoms with van der Waals surface area (Å²) < 4.78 is 0. The highest BCUT2D eigenvalue weighted by atomic mass is 16.3. The highest BCUT2D eigenvalue weighted by Gasteiger charge is 2.16. The summed E-state index contributed by atoms with van der Waals surface area (Å²) in [4.78, 5) is 13.3. The number of nitrogens with zero attached hydrogens (tertiary/aromatic N) is 2. The molecule has 1 aromatic carbocycles. The van der Waals surface area contributed by atoms with Crippen molar-refractivity contribution in [1.82, 2.24) is 0 Å². The molecule has 0 saturated heterocycles. The summed E-state index contributed by atoms with van der Waals surface area (Å²) in [5, 5.41) is 26.9. The van der Waals surface area contributed by atoms with Gasteiger partial charge in [-0.25, -0.2) is 4.79 Å². The average molecular weight is 204 g/mol. The first-order valence-corrected chi connectivity index (χ1v) is 4.12. The van der Waals surface area contributed by atoms with Crippen LogP contribution in [-0.4, -0.2) is 22.4 Å². The maximum atomic E-state index is 9.92. The van der Waals surface area contributed by atoms with E-state index < -0.39 is 12.2 Å². The predicted octanol–water partition coefficient (Wildman–Crippen LogP) is 0.572. The van der Waals surface area contributed by atoms with E-state index in [9.17, 15) is 9.90 Å². The third kappa shape index (κ3) is 2.73. The van der Waals surface area contributed by atoms with Crippen LogP contribution in [0.2, 0.25) is 0 Å². The molecule has 0 aliphatic carbocycles. The molecule has 1 rings (SSSR count). The van der Waals surface area contributed by atoms with Gasteiger partial charge in [0.05, 0.1) is 11.8 Å². The molecule has 2 atom stereocenters. The Balaban J connectivity index is 2.89. The first kappa shape index (κ1) is 11.1. The summed E-state index contributed by atoms with van der Waals surface area (Å²) in [6.07, 6.45) is -1.35. The van der Waals surface area contributed by atoms with Gasteiger partial charge in [0.2, 0.25) is 6.08 Å². The molecule has 15 heavy (non-hydrogen) atoms. The third-order valence-corrected chi connectivity index (χ3v) is 1.84. The zero-order chi connectivity index (χ0) is 11.3. The van der Waals surface area contributed by atoms with Crippen LogP contribution in [0.25, 0.3) is 0 Å². The topological polar surface area (TPSA) is 93.7 Å². The Labute approximate surface area is 85.9 Å². The second-order valence-corrected chi connectivity index (χ2v) is 2.81. The van der Waals surface area contributed by atoms with Crippen LogP contribution >= 0.6 is 0 Å². The maximum Gasteiger partial charge on any atom is 0.240 e. The minimum absolute atomic E-state index is 0.383. The van der Waals surface area contributed by atoms with Crippen molar-refractivity contribution >= 4 is 11.8 Å². The minimum atomic E-state index is -1.47. The second kappa shape index (κ2) is 5.03. The molecule has 5 nitrogen and oxygen atoms in total. The fraction of sp³-hybridized carbons (Fsp3) is 0.200. The average Bonchev–Trinajstić information content (AvgIpc) is 2.28. The third-order valence-electron chi connectivity index (χ3n) is 1.84. The predicted molar refractivity (Wildman–Crippen MR) is 50.8 cm³/mol. The van der Waals surface area contributed by atoms with Crippen molar-refractivity contribution in [2.24, 2.45) is 4.99 Å². The molecule has 0 fully saturated rings. The van der Waals surface area contributed by atoms with Gasteiger partial charge >= 0.3 is 0 Å². The van der Waals surface area contributed by atoms with E-state index in [1.807, 2.05) is 0 Å². The quantitative estimate of drug-likeness (QED) is 0.427. The number of carbonyl (C=O) groups excluding carboxylic acids is 1. The van der Waals surface area contributed by atoms with E-state index in [1.54, 1.807) is 0 Å². The van der Waals surface area contributed by atoms with E-state index in [1.165, 1.54) is 36.4 Å². The lowest BCUT2D eigenvalue weighted by Gasteiger charge is -2.11. The highest BCUT2D eigenvalue weighted by Crippen LogP contribution is 2.20. The smallest absolute Gasteiger partial charge is 0.240 e. The highest BCUT2D eigenvalue weighted by molar-refractivity contribution is 5.49. The summed E-state index contributed by atoms with van der Waals surface area (Å²) in [6.45, 7) is 0. The van der Waals surface area contributed by atoms with Crippen LogP contribution in [0.15, 0.2) is 29.3 Å². The summed E-state index contributed by atoms with van der Waals surface area (Å²) >= 11 is 0. The molecule has 2 N–H and O–H groups in total. The largest absolute Gasteiger partial charge is 0.385 e. The fourth-order valence-electron chi connectivity index (χ4n) is 1.05. The Morgan fingerprint density at radius 1 is 1.27 bits per heavy atom. The summed E-state index contributed by atoms with van der Waals surface area (Å²) in [7, 11) is 0. The number of hydrogen-bond acceptors (Lipinski definition) is 5. The zero-order valence-corrected chi connectivity index (χ0v) is 7.66. The van der Waals surface area contributed by atoms with Crippen LogP contribution in [0, 0.1) is 11.3 Å². The molecular weight excluding hydrogens is 196 g/mol. The van der Waals surface area contributed by atoms with Gasteiger partial charge in [-0.15, -0.1) is 0 Å². The number of aliphatic hydroxyl groups excluding tert-OH is 2. The van der Waals surface area contributed by atoms with E-state index in [0.717, 1.165) is 0 Å². The number of aliphatic hydroxyl groups is 2. The second-order valence-electron chi connectivity index (χ2n) is 2.81. The molecule has 0 radical (unpaired) electrons. The van der Waals surface area contributed by atoms with Crippen molar-refractivity contribution in [2.75, 3.05) is 0 Å². The molecule has 0 aliphatic heterocycles. The fourth-order valence-corrected chi connectivity index (χ4v) is 1.05. The van der Waals surface area contributed by atoms with Crippen LogP contribution in [0.4, 0.5) is 5.69 Å². The number of isocyanates is 1. The van der Waals surface area contributed by atoms with Gasteiger partial charge in [-0.3, -0.25) is 0 Å². The van der Waals surface area contributed by atoms with Crippen molar-refractivity contribution in [1.29, 1.82) is 5.26 Å². The molecule has 1 aromatic rings. The molecule has 5 heteroatoms. The molecule has 0 bridgehead atoms. The van der Waals surface area contributed by atoms with Crippen LogP contribution < -0.4 is 0 Å². The standard InChI is InChI=1S/C10H8N2O3/c11-5-9(14)10(15)7-1-3-8(4-2-7)12-6-13/h1-4,9-10,14-15H. The lowest BCUT2D eigenvalue weighted by atomic mass is 10.1. The first-order valence-electron chi connectivity index (χ1n) is 4.12. The van der Waals surface area contributed by atoms with Crippen LogP contribution in [0.5, 0.6) is 0 Å². The summed E-state index contributed by atoms with van der Waals surface area (Å²) in [5.41, 5.74) is 0.779. The number of benzene rings is 1. The van der Waals surface area contributed by atoms with Gasteiger partial charge in [0.1, 0.15) is 6.10 Å². The summed E-state index contributed by atoms with van der Waals surface area (Å²) in [6, 6.07) is 7.43. The zero-order valence-electron chi connectivity index (χ0n) is 7.66. The van der Waals surface area contributed by atoms with Crippen molar-refractivity contribution < 1.29 is 15.0 Å². The molecule has 2 unspecified atom stereocenters. The SMILES string of the molecule is N#CC(O)C(O)c1ccc(N=C=O)cc1. The Hall–Kier alpha value is -1.99. The first-order chi connectivity index (χ1) is 7.19. The van der Waals surface area contributed by atoms with Gasteiger partial charge in [0.25, 0.3) is 0 Å². The monoisotopic (exact) mass is 204 g/mol. The Bertz CT molecular complexity index is 415. The number of nitriles is 1. The van der Waals surface area contributed by atoms with Gasteiger partial charge in [0, 0.05) is 0 Å². The molecule has 0 amide bonds. The molecule has 0 saturated carbocycles. The number of rotatable bonds is 3. The van der Waals surface area contributed by atoms with Crippen LogP contribution in [0.3, 0.4) is 0 Å². The minimum Gasteiger partial charge on any atom is -0.385 e. The Morgan fingerprint density at radius 3 is 2.33 bits per heavy atom. The van der Waals surface area contributed by atoms with Crippen molar-refractivity contribution in [3.8, 4) is 6.07 Å². The normalized spacial score (nSPS) is 13.4. The molecular formula is C10H8N2O3. The van der Waals surface area contributed by atoms with E-state index in [-0.39, 0.29) is 0 Å². The van der Waals surface area contributed by atoms with Gasteiger partial charge < -0.3 is 10.2 Å². The van der Waals surface area contributed by atoms with E-state index >= 15 is 0 Å². The van der Waals surface area contributed by atoms with E-state index in [2.05, 4.69) is 4.99 Å². The number of aliphatic imine (C=N–C) groups is 1. The lowest BCUT2D eigenvalue weighted by molar-refractivity contribution is 0.0528. The molecule has 0 aliphatic rings. The van der Waals surface area contributed by atoms with Gasteiger partial charge in [-0.2, -0.15) is 10.3 Å². The lowest BCUT2D eigenvalue weighted by Crippen LogP contribution is -2.15. The van der Waals surface area contributed by atoms with Gasteiger partial charge in [0.15, 0.2) is 6.10 Å². The Kier molecular flexibility index (Phi) is 3.72. The van der Waals surface area contributed by atoms with Gasteiger partial charge in [-0.05, 0) is 17.7 Å². The summed E-state index contributed by atoms with van der Waals surface area (Å²) in [5.74, 6) is 0. The molecule has 0 aromatic heterocycles. The van der Waals surface area contributed by atoms with E-state index in [0.29, 0.717) is 11.3 Å². The maximum absolute atomic E-state index is 9.92. The van der Waals surface area contributed by atoms with Crippen LogP contribution in [-0.2, 0) is 4.79 Å². The Morgan fingerprint density at radius 2 is 1.87 bits per heavy atom. The van der Waals surface area contributed by atoms with E-state index in [4.69, 9.17) is 10.4 Å². The van der Waals surface area contributed by atoms with Crippen molar-refractivity contribution in [3.63, 3.8) is 0 Å². The molecule has 0 spiro atoms. The molecule has 76 valence electrons. The number of hydrogen-bond donors (Lipinski definition) is 2.